The summed E-state index contributed by atoms with van der Waals surface area (Å²) < 4.78 is 1.83. The number of carbonyl (C=O) groups is 1. The highest BCUT2D eigenvalue weighted by Crippen LogP contribution is 2.15. The summed E-state index contributed by atoms with van der Waals surface area (Å²) in [5, 5.41) is 13.0. The Hall–Kier alpha value is -1.07. The monoisotopic (exact) mass is 259 g/mol. The molecule has 1 aromatic rings. The van der Waals surface area contributed by atoms with Gasteiger partial charge in [0, 0.05) is 25.7 Å². The van der Waals surface area contributed by atoms with Gasteiger partial charge in [0.2, 0.25) is 0 Å². The Bertz CT molecular complexity index is 403. The zero-order valence-electron chi connectivity index (χ0n) is 10.1. The number of halogens is 1. The largest absolute Gasteiger partial charge is 0.476 e. The number of rotatable bonds is 2. The molecule has 0 amide bonds. The van der Waals surface area contributed by atoms with Crippen molar-refractivity contribution in [3.05, 3.63) is 17.5 Å². The van der Waals surface area contributed by atoms with Crippen LogP contribution in [0, 0.1) is 0 Å². The van der Waals surface area contributed by atoms with Crippen molar-refractivity contribution in [3.8, 4) is 0 Å². The maximum Gasteiger partial charge on any atom is 0.356 e. The summed E-state index contributed by atoms with van der Waals surface area (Å²) in [6, 6.07) is 2.16. The number of carboxylic acids is 1. The van der Waals surface area contributed by atoms with Gasteiger partial charge >= 0.3 is 5.97 Å². The van der Waals surface area contributed by atoms with Gasteiger partial charge in [0.05, 0.1) is 5.69 Å². The Morgan fingerprint density at radius 3 is 2.76 bits per heavy atom. The second kappa shape index (κ2) is 5.51. The van der Waals surface area contributed by atoms with E-state index in [4.69, 9.17) is 5.11 Å². The van der Waals surface area contributed by atoms with Gasteiger partial charge in [0.1, 0.15) is 0 Å². The van der Waals surface area contributed by atoms with Crippen molar-refractivity contribution in [1.29, 1.82) is 0 Å². The van der Waals surface area contributed by atoms with E-state index >= 15 is 0 Å². The molecular formula is C11H18ClN3O2. The highest BCUT2D eigenvalue weighted by molar-refractivity contribution is 5.85. The van der Waals surface area contributed by atoms with Gasteiger partial charge in [-0.15, -0.1) is 12.4 Å². The lowest BCUT2D eigenvalue weighted by molar-refractivity contribution is 0.0689. The molecule has 0 bridgehead atoms. The average molecular weight is 260 g/mol. The molecule has 0 saturated carbocycles. The standard InChI is InChI=1S/C11H17N3O2.ClH/c1-8(2)13-4-3-5-14-9(7-13)6-10(12-14)11(15)16;/h6,8H,3-5,7H2,1-2H3,(H,15,16);1H. The molecule has 1 N–H and O–H groups in total. The predicted octanol–water partition coefficient (Wildman–Crippen LogP) is 1.62. The van der Waals surface area contributed by atoms with Crippen molar-refractivity contribution in [3.63, 3.8) is 0 Å². The third-order valence-electron chi connectivity index (χ3n) is 2.99. The molecule has 0 unspecified atom stereocenters. The molecule has 0 spiro atoms. The molecular weight excluding hydrogens is 242 g/mol. The SMILES string of the molecule is CC(C)N1CCCn2nc(C(=O)O)cc2C1.Cl. The van der Waals surface area contributed by atoms with E-state index in [0.29, 0.717) is 6.04 Å². The second-order valence-corrected chi connectivity index (χ2v) is 4.47. The van der Waals surface area contributed by atoms with Gasteiger partial charge in [-0.3, -0.25) is 9.58 Å². The Labute approximate surface area is 107 Å². The van der Waals surface area contributed by atoms with Crippen LogP contribution < -0.4 is 0 Å². The summed E-state index contributed by atoms with van der Waals surface area (Å²) in [5.41, 5.74) is 1.16. The zero-order valence-corrected chi connectivity index (χ0v) is 10.9. The van der Waals surface area contributed by atoms with E-state index in [0.717, 1.165) is 31.7 Å². The first-order chi connectivity index (χ1) is 7.58. The van der Waals surface area contributed by atoms with Crippen molar-refractivity contribution in [1.82, 2.24) is 14.7 Å². The number of hydrogen-bond donors (Lipinski definition) is 1. The summed E-state index contributed by atoms with van der Waals surface area (Å²) in [5.74, 6) is -0.948. The molecule has 0 fully saturated rings. The highest BCUT2D eigenvalue weighted by atomic mass is 35.5. The molecule has 0 aliphatic carbocycles. The van der Waals surface area contributed by atoms with E-state index in [1.165, 1.54) is 0 Å². The van der Waals surface area contributed by atoms with Crippen molar-refractivity contribution >= 4 is 18.4 Å². The molecule has 17 heavy (non-hydrogen) atoms. The molecule has 0 saturated heterocycles. The summed E-state index contributed by atoms with van der Waals surface area (Å²) in [4.78, 5) is 13.2. The Morgan fingerprint density at radius 1 is 1.47 bits per heavy atom. The van der Waals surface area contributed by atoms with Crippen LogP contribution in [0.4, 0.5) is 0 Å². The van der Waals surface area contributed by atoms with Crippen molar-refractivity contribution in [2.24, 2.45) is 0 Å². The quantitative estimate of drug-likeness (QED) is 0.877. The van der Waals surface area contributed by atoms with Crippen LogP contribution in [0.2, 0.25) is 0 Å². The topological polar surface area (TPSA) is 58.4 Å². The van der Waals surface area contributed by atoms with Crippen molar-refractivity contribution < 1.29 is 9.90 Å². The van der Waals surface area contributed by atoms with E-state index in [-0.39, 0.29) is 18.1 Å². The average Bonchev–Trinajstić information content (AvgIpc) is 2.50. The van der Waals surface area contributed by atoms with Crippen LogP contribution in [0.15, 0.2) is 6.07 Å². The third-order valence-corrected chi connectivity index (χ3v) is 2.99. The number of hydrogen-bond acceptors (Lipinski definition) is 3. The molecule has 0 radical (unpaired) electrons. The fourth-order valence-electron chi connectivity index (χ4n) is 2.03. The number of fused-ring (bicyclic) bond motifs is 1. The van der Waals surface area contributed by atoms with Crippen LogP contribution in [0.1, 0.15) is 36.5 Å². The maximum atomic E-state index is 10.8. The van der Waals surface area contributed by atoms with Gasteiger partial charge in [0.15, 0.2) is 5.69 Å². The Balaban J connectivity index is 0.00000144. The van der Waals surface area contributed by atoms with Crippen LogP contribution in [-0.2, 0) is 13.1 Å². The molecule has 1 aromatic heterocycles. The normalized spacial score (nSPS) is 16.2. The number of carboxylic acid groups (broad SMARTS) is 1. The number of aryl methyl sites for hydroxylation is 1. The summed E-state index contributed by atoms with van der Waals surface area (Å²) in [6.07, 6.45) is 1.02. The van der Waals surface area contributed by atoms with E-state index in [1.54, 1.807) is 6.07 Å². The smallest absolute Gasteiger partial charge is 0.356 e. The minimum absolute atomic E-state index is 0. The fourth-order valence-corrected chi connectivity index (χ4v) is 2.03. The van der Waals surface area contributed by atoms with Gasteiger partial charge in [-0.25, -0.2) is 4.79 Å². The van der Waals surface area contributed by atoms with E-state index in [9.17, 15) is 4.79 Å². The molecule has 1 aliphatic rings. The van der Waals surface area contributed by atoms with Crippen LogP contribution in [0.25, 0.3) is 0 Å². The van der Waals surface area contributed by atoms with Crippen LogP contribution in [-0.4, -0.2) is 38.3 Å². The zero-order chi connectivity index (χ0) is 11.7. The maximum absolute atomic E-state index is 10.8. The lowest BCUT2D eigenvalue weighted by Gasteiger charge is -2.23. The van der Waals surface area contributed by atoms with Gasteiger partial charge in [-0.2, -0.15) is 5.10 Å². The summed E-state index contributed by atoms with van der Waals surface area (Å²) in [6.45, 7) is 6.96. The lowest BCUT2D eigenvalue weighted by atomic mass is 10.2. The molecule has 6 heteroatoms. The first kappa shape index (κ1) is 14.0. The minimum Gasteiger partial charge on any atom is -0.476 e. The summed E-state index contributed by atoms with van der Waals surface area (Å²) in [7, 11) is 0. The van der Waals surface area contributed by atoms with Crippen LogP contribution in [0.3, 0.4) is 0 Å². The Morgan fingerprint density at radius 2 is 2.18 bits per heavy atom. The molecule has 5 nitrogen and oxygen atoms in total. The molecule has 2 rings (SSSR count). The van der Waals surface area contributed by atoms with Gasteiger partial charge in [-0.05, 0) is 26.3 Å². The van der Waals surface area contributed by atoms with Crippen molar-refractivity contribution in [2.75, 3.05) is 6.54 Å². The third kappa shape index (κ3) is 2.98. The Kier molecular flexibility index (Phi) is 4.54. The highest BCUT2D eigenvalue weighted by Gasteiger charge is 2.20. The molecule has 0 atom stereocenters. The van der Waals surface area contributed by atoms with Crippen LogP contribution >= 0.6 is 12.4 Å². The molecule has 1 aliphatic heterocycles. The van der Waals surface area contributed by atoms with Gasteiger partial charge in [0.25, 0.3) is 0 Å². The van der Waals surface area contributed by atoms with E-state index in [2.05, 4.69) is 23.8 Å². The minimum atomic E-state index is -0.948. The van der Waals surface area contributed by atoms with Gasteiger partial charge in [-0.1, -0.05) is 0 Å². The van der Waals surface area contributed by atoms with E-state index in [1.807, 2.05) is 4.68 Å². The first-order valence-electron chi connectivity index (χ1n) is 5.62. The molecule has 0 aromatic carbocycles. The summed E-state index contributed by atoms with van der Waals surface area (Å²) >= 11 is 0. The van der Waals surface area contributed by atoms with Gasteiger partial charge < -0.3 is 5.11 Å². The molecule has 96 valence electrons. The number of nitrogens with zero attached hydrogens (tertiary/aromatic N) is 3. The number of aromatic carboxylic acids is 1. The second-order valence-electron chi connectivity index (χ2n) is 4.47. The van der Waals surface area contributed by atoms with Crippen LogP contribution in [0.5, 0.6) is 0 Å². The lowest BCUT2D eigenvalue weighted by Crippen LogP contribution is -2.30. The predicted molar refractivity (Wildman–Crippen MR) is 66.6 cm³/mol. The number of aromatic nitrogens is 2. The van der Waals surface area contributed by atoms with E-state index < -0.39 is 5.97 Å². The fraction of sp³-hybridized carbons (Fsp3) is 0.636. The molecule has 2 heterocycles. The van der Waals surface area contributed by atoms with Crippen molar-refractivity contribution in [2.45, 2.75) is 39.4 Å². The first-order valence-corrected chi connectivity index (χ1v) is 5.62.